The summed E-state index contributed by atoms with van der Waals surface area (Å²) in [5.41, 5.74) is 7.29. The molecule has 0 saturated carbocycles. The summed E-state index contributed by atoms with van der Waals surface area (Å²) in [6, 6.07) is 12.4. The van der Waals surface area contributed by atoms with Gasteiger partial charge in [0, 0.05) is 4.90 Å². The molecule has 0 spiro atoms. The molecule has 6 heteroatoms. The van der Waals surface area contributed by atoms with E-state index in [-0.39, 0.29) is 10.6 Å². The first kappa shape index (κ1) is 15.7. The molecule has 3 N–H and O–H groups in total. The SMILES string of the molecule is CCSc1ccccc1NS(=O)(=O)c1c(C)cccc1N. The molecule has 0 saturated heterocycles. The van der Waals surface area contributed by atoms with Crippen LogP contribution >= 0.6 is 11.8 Å². The molecule has 0 fully saturated rings. The predicted molar refractivity (Wildman–Crippen MR) is 89.2 cm³/mol. The van der Waals surface area contributed by atoms with E-state index >= 15 is 0 Å². The van der Waals surface area contributed by atoms with Gasteiger partial charge in [0.05, 0.1) is 11.4 Å². The number of hydrogen-bond acceptors (Lipinski definition) is 4. The summed E-state index contributed by atoms with van der Waals surface area (Å²) in [7, 11) is -3.70. The summed E-state index contributed by atoms with van der Waals surface area (Å²) in [5.74, 6) is 0.866. The van der Waals surface area contributed by atoms with Gasteiger partial charge in [-0.2, -0.15) is 0 Å². The quantitative estimate of drug-likeness (QED) is 0.653. The van der Waals surface area contributed by atoms with E-state index in [1.54, 1.807) is 49.0 Å². The first-order valence-corrected chi connectivity index (χ1v) is 9.02. The first-order valence-electron chi connectivity index (χ1n) is 6.55. The number of anilines is 2. The van der Waals surface area contributed by atoms with Crippen molar-refractivity contribution in [3.05, 3.63) is 48.0 Å². The molecular weight excluding hydrogens is 304 g/mol. The molecule has 0 aliphatic heterocycles. The summed E-state index contributed by atoms with van der Waals surface area (Å²) in [6.45, 7) is 3.76. The molecule has 0 amide bonds. The number of nitrogens with two attached hydrogens (primary N) is 1. The lowest BCUT2D eigenvalue weighted by atomic mass is 10.2. The largest absolute Gasteiger partial charge is 0.398 e. The van der Waals surface area contributed by atoms with E-state index < -0.39 is 10.0 Å². The van der Waals surface area contributed by atoms with Crippen LogP contribution < -0.4 is 10.5 Å². The van der Waals surface area contributed by atoms with Gasteiger partial charge in [-0.15, -0.1) is 11.8 Å². The average molecular weight is 322 g/mol. The number of benzene rings is 2. The van der Waals surface area contributed by atoms with Gasteiger partial charge in [-0.1, -0.05) is 31.2 Å². The average Bonchev–Trinajstić information content (AvgIpc) is 2.40. The van der Waals surface area contributed by atoms with Crippen LogP contribution in [0.25, 0.3) is 0 Å². The Bertz CT molecular complexity index is 723. The van der Waals surface area contributed by atoms with E-state index in [4.69, 9.17) is 5.73 Å². The van der Waals surface area contributed by atoms with E-state index in [2.05, 4.69) is 4.72 Å². The molecular formula is C15H18N2O2S2. The van der Waals surface area contributed by atoms with E-state index in [1.807, 2.05) is 19.1 Å². The molecule has 0 aromatic heterocycles. The van der Waals surface area contributed by atoms with Crippen molar-refractivity contribution in [3.8, 4) is 0 Å². The van der Waals surface area contributed by atoms with Crippen molar-refractivity contribution in [1.82, 2.24) is 0 Å². The Morgan fingerprint density at radius 1 is 1.14 bits per heavy atom. The highest BCUT2D eigenvalue weighted by molar-refractivity contribution is 7.99. The normalized spacial score (nSPS) is 11.3. The van der Waals surface area contributed by atoms with Gasteiger partial charge < -0.3 is 5.73 Å². The molecule has 0 radical (unpaired) electrons. The zero-order chi connectivity index (χ0) is 15.5. The Labute approximate surface area is 129 Å². The smallest absolute Gasteiger partial charge is 0.264 e. The first-order chi connectivity index (χ1) is 9.95. The Hall–Kier alpha value is -1.66. The lowest BCUT2D eigenvalue weighted by Crippen LogP contribution is -2.16. The van der Waals surface area contributed by atoms with Gasteiger partial charge in [-0.3, -0.25) is 4.72 Å². The highest BCUT2D eigenvalue weighted by Crippen LogP contribution is 2.30. The van der Waals surface area contributed by atoms with Crippen molar-refractivity contribution < 1.29 is 8.42 Å². The van der Waals surface area contributed by atoms with Crippen molar-refractivity contribution in [3.63, 3.8) is 0 Å². The van der Waals surface area contributed by atoms with Gasteiger partial charge in [0.2, 0.25) is 0 Å². The lowest BCUT2D eigenvalue weighted by Gasteiger charge is -2.14. The van der Waals surface area contributed by atoms with Crippen LogP contribution in [0.1, 0.15) is 12.5 Å². The molecule has 0 atom stereocenters. The number of nitrogen functional groups attached to an aromatic ring is 1. The molecule has 4 nitrogen and oxygen atoms in total. The number of aryl methyl sites for hydroxylation is 1. The lowest BCUT2D eigenvalue weighted by molar-refractivity contribution is 0.601. The highest BCUT2D eigenvalue weighted by atomic mass is 32.2. The number of sulfonamides is 1. The minimum absolute atomic E-state index is 0.140. The van der Waals surface area contributed by atoms with Crippen molar-refractivity contribution in [1.29, 1.82) is 0 Å². The maximum Gasteiger partial charge on any atom is 0.264 e. The monoisotopic (exact) mass is 322 g/mol. The number of nitrogens with one attached hydrogen (secondary N) is 1. The fraction of sp³-hybridized carbons (Fsp3) is 0.200. The van der Waals surface area contributed by atoms with Crippen LogP contribution in [0.4, 0.5) is 11.4 Å². The van der Waals surface area contributed by atoms with Crippen LogP contribution in [-0.2, 0) is 10.0 Å². The number of para-hydroxylation sites is 1. The fourth-order valence-electron chi connectivity index (χ4n) is 2.07. The Balaban J connectivity index is 2.43. The third-order valence-corrected chi connectivity index (χ3v) is 5.48. The molecule has 2 aromatic rings. The second-order valence-corrected chi connectivity index (χ2v) is 7.45. The molecule has 0 heterocycles. The molecule has 0 aliphatic carbocycles. The highest BCUT2D eigenvalue weighted by Gasteiger charge is 2.21. The number of hydrogen-bond donors (Lipinski definition) is 2. The third kappa shape index (κ3) is 3.51. The molecule has 2 aromatic carbocycles. The standard InChI is InChI=1S/C15H18N2O2S2/c1-3-20-14-10-5-4-9-13(14)17-21(18,19)15-11(2)7-6-8-12(15)16/h4-10,17H,3,16H2,1-2H3. The van der Waals surface area contributed by atoms with Crippen molar-refractivity contribution in [2.45, 2.75) is 23.6 Å². The number of thioether (sulfide) groups is 1. The summed E-state index contributed by atoms with van der Waals surface area (Å²) in [4.78, 5) is 1.04. The van der Waals surface area contributed by atoms with Crippen molar-refractivity contribution in [2.75, 3.05) is 16.2 Å². The minimum Gasteiger partial charge on any atom is -0.398 e. The van der Waals surface area contributed by atoms with E-state index in [1.165, 1.54) is 0 Å². The molecule has 0 aliphatic rings. The summed E-state index contributed by atoms with van der Waals surface area (Å²) in [5, 5.41) is 0. The maximum atomic E-state index is 12.6. The van der Waals surface area contributed by atoms with Gasteiger partial charge >= 0.3 is 0 Å². The summed E-state index contributed by atoms with van der Waals surface area (Å²) < 4.78 is 27.8. The van der Waals surface area contributed by atoms with E-state index in [9.17, 15) is 8.42 Å². The zero-order valence-corrected chi connectivity index (χ0v) is 13.6. The molecule has 112 valence electrons. The van der Waals surface area contributed by atoms with Gasteiger partial charge in [-0.05, 0) is 36.4 Å². The van der Waals surface area contributed by atoms with E-state index in [0.717, 1.165) is 10.6 Å². The second-order valence-electron chi connectivity index (χ2n) is 4.53. The second kappa shape index (κ2) is 6.41. The molecule has 21 heavy (non-hydrogen) atoms. The van der Waals surface area contributed by atoms with Crippen molar-refractivity contribution in [2.24, 2.45) is 0 Å². The van der Waals surface area contributed by atoms with Crippen LogP contribution in [-0.4, -0.2) is 14.2 Å². The Kier molecular flexibility index (Phi) is 4.80. The zero-order valence-electron chi connectivity index (χ0n) is 12.0. The number of rotatable bonds is 5. The van der Waals surface area contributed by atoms with Gasteiger partial charge in [0.15, 0.2) is 0 Å². The third-order valence-electron chi connectivity index (χ3n) is 2.94. The summed E-state index contributed by atoms with van der Waals surface area (Å²) >= 11 is 1.59. The van der Waals surface area contributed by atoms with Crippen LogP contribution in [0.15, 0.2) is 52.3 Å². The summed E-state index contributed by atoms with van der Waals surface area (Å²) in [6.07, 6.45) is 0. The Morgan fingerprint density at radius 2 is 1.86 bits per heavy atom. The van der Waals surface area contributed by atoms with Crippen LogP contribution in [0.2, 0.25) is 0 Å². The predicted octanol–water partition coefficient (Wildman–Crippen LogP) is 3.49. The van der Waals surface area contributed by atoms with Crippen LogP contribution in [0.3, 0.4) is 0 Å². The maximum absolute atomic E-state index is 12.6. The van der Waals surface area contributed by atoms with Crippen LogP contribution in [0, 0.1) is 6.92 Å². The molecule has 0 bridgehead atoms. The van der Waals surface area contributed by atoms with Crippen LogP contribution in [0.5, 0.6) is 0 Å². The Morgan fingerprint density at radius 3 is 2.52 bits per heavy atom. The molecule has 2 rings (SSSR count). The van der Waals surface area contributed by atoms with Crippen molar-refractivity contribution >= 4 is 33.2 Å². The minimum atomic E-state index is -3.70. The van der Waals surface area contributed by atoms with Gasteiger partial charge in [0.1, 0.15) is 4.90 Å². The van der Waals surface area contributed by atoms with Gasteiger partial charge in [0.25, 0.3) is 10.0 Å². The topological polar surface area (TPSA) is 72.2 Å². The fourth-order valence-corrected chi connectivity index (χ4v) is 4.34. The molecule has 0 unspecified atom stereocenters. The van der Waals surface area contributed by atoms with E-state index in [0.29, 0.717) is 11.3 Å². The van der Waals surface area contributed by atoms with Gasteiger partial charge in [-0.25, -0.2) is 8.42 Å².